The van der Waals surface area contributed by atoms with Gasteiger partial charge in [0.2, 0.25) is 16.9 Å². The Hall–Kier alpha value is -2.24. The molecule has 0 aliphatic rings. The van der Waals surface area contributed by atoms with Crippen molar-refractivity contribution in [2.75, 3.05) is 14.2 Å². The fraction of sp³-hybridized carbons (Fsp3) is 0.200. The molecular formula is C10H10O6. The van der Waals surface area contributed by atoms with Crippen LogP contribution in [0.3, 0.4) is 0 Å². The highest BCUT2D eigenvalue weighted by atomic mass is 16.5. The monoisotopic (exact) mass is 226 g/mol. The number of carboxylic acid groups (broad SMARTS) is 1. The van der Waals surface area contributed by atoms with Crippen LogP contribution in [-0.2, 0) is 0 Å². The molecule has 0 radical (unpaired) electrons. The van der Waals surface area contributed by atoms with Gasteiger partial charge < -0.3 is 19.7 Å². The van der Waals surface area contributed by atoms with Crippen molar-refractivity contribution in [2.24, 2.45) is 0 Å². The summed E-state index contributed by atoms with van der Waals surface area (Å²) < 4.78 is 9.44. The van der Waals surface area contributed by atoms with Gasteiger partial charge in [-0.05, 0) is 6.07 Å². The molecule has 0 aliphatic heterocycles. The molecule has 1 aromatic rings. The first-order chi connectivity index (χ1) is 7.51. The summed E-state index contributed by atoms with van der Waals surface area (Å²) in [5.41, 5.74) is -1.03. The zero-order valence-corrected chi connectivity index (χ0v) is 8.68. The topological polar surface area (TPSA) is 93.1 Å². The summed E-state index contributed by atoms with van der Waals surface area (Å²) in [5, 5.41) is 18.4. The van der Waals surface area contributed by atoms with Crippen LogP contribution in [0.1, 0.15) is 10.4 Å². The third-order valence-corrected chi connectivity index (χ3v) is 1.92. The lowest BCUT2D eigenvalue weighted by Crippen LogP contribution is -2.03. The molecule has 6 nitrogen and oxygen atoms in total. The second-order valence-electron chi connectivity index (χ2n) is 2.86. The maximum Gasteiger partial charge on any atom is 0.335 e. The zero-order valence-electron chi connectivity index (χ0n) is 8.68. The minimum Gasteiger partial charge on any atom is -0.502 e. The van der Waals surface area contributed by atoms with Crippen LogP contribution in [0.25, 0.3) is 0 Å². The standard InChI is InChI=1S/C10H10O6/c1-15-7-4-5(10(13)14)3-6(11)9(16-2)8(7)12/h3-4,12H,1-2H3,(H,13,14). The van der Waals surface area contributed by atoms with Gasteiger partial charge in [0.15, 0.2) is 5.75 Å². The highest BCUT2D eigenvalue weighted by molar-refractivity contribution is 5.88. The Balaban J connectivity index is 3.68. The van der Waals surface area contributed by atoms with Gasteiger partial charge in [0.25, 0.3) is 0 Å². The van der Waals surface area contributed by atoms with E-state index in [9.17, 15) is 14.7 Å². The summed E-state index contributed by atoms with van der Waals surface area (Å²) >= 11 is 0. The Labute approximate surface area is 90.7 Å². The molecule has 0 bridgehead atoms. The number of hydrogen-bond donors (Lipinski definition) is 2. The summed E-state index contributed by atoms with van der Waals surface area (Å²) in [6, 6.07) is 1.89. The molecule has 16 heavy (non-hydrogen) atoms. The molecule has 0 unspecified atom stereocenters. The number of carbonyl (C=O) groups is 1. The van der Waals surface area contributed by atoms with Crippen LogP contribution >= 0.6 is 0 Å². The van der Waals surface area contributed by atoms with Gasteiger partial charge in [-0.2, -0.15) is 0 Å². The van der Waals surface area contributed by atoms with Crippen LogP contribution in [0.4, 0.5) is 0 Å². The zero-order chi connectivity index (χ0) is 12.3. The van der Waals surface area contributed by atoms with Gasteiger partial charge in [-0.1, -0.05) is 0 Å². The average molecular weight is 226 g/mol. The number of carboxylic acids is 1. The smallest absolute Gasteiger partial charge is 0.335 e. The summed E-state index contributed by atoms with van der Waals surface area (Å²) in [7, 11) is 2.43. The molecule has 0 fully saturated rings. The van der Waals surface area contributed by atoms with Crippen molar-refractivity contribution >= 4 is 5.97 Å². The minimum atomic E-state index is -1.30. The van der Waals surface area contributed by atoms with Crippen LogP contribution in [0.2, 0.25) is 0 Å². The molecule has 0 amide bonds. The highest BCUT2D eigenvalue weighted by Gasteiger charge is 2.15. The molecule has 1 rings (SSSR count). The van der Waals surface area contributed by atoms with E-state index in [0.717, 1.165) is 12.1 Å². The lowest BCUT2D eigenvalue weighted by atomic mass is 10.3. The predicted molar refractivity (Wildman–Crippen MR) is 54.4 cm³/mol. The first-order valence-electron chi connectivity index (χ1n) is 4.23. The van der Waals surface area contributed by atoms with E-state index in [0.29, 0.717) is 0 Å². The third kappa shape index (κ3) is 2.05. The first-order valence-corrected chi connectivity index (χ1v) is 4.23. The Morgan fingerprint density at radius 1 is 1.25 bits per heavy atom. The van der Waals surface area contributed by atoms with E-state index in [1.54, 1.807) is 0 Å². The normalized spacial score (nSPS) is 9.62. The van der Waals surface area contributed by atoms with Crippen LogP contribution in [0, 0.1) is 0 Å². The molecule has 0 aliphatic carbocycles. The van der Waals surface area contributed by atoms with Gasteiger partial charge in [0.05, 0.1) is 19.8 Å². The van der Waals surface area contributed by atoms with Crippen molar-refractivity contribution in [1.29, 1.82) is 0 Å². The number of hydrogen-bond acceptors (Lipinski definition) is 5. The number of ether oxygens (including phenoxy) is 2. The number of methoxy groups -OCH3 is 2. The third-order valence-electron chi connectivity index (χ3n) is 1.92. The lowest BCUT2D eigenvalue weighted by Gasteiger charge is -2.01. The Morgan fingerprint density at radius 2 is 1.88 bits per heavy atom. The van der Waals surface area contributed by atoms with E-state index < -0.39 is 17.1 Å². The van der Waals surface area contributed by atoms with Gasteiger partial charge in [0.1, 0.15) is 0 Å². The molecule has 2 N–H and O–H groups in total. The number of rotatable bonds is 3. The lowest BCUT2D eigenvalue weighted by molar-refractivity contribution is 0.0696. The van der Waals surface area contributed by atoms with Crippen LogP contribution < -0.4 is 14.9 Å². The van der Waals surface area contributed by atoms with Crippen LogP contribution in [0.5, 0.6) is 17.2 Å². The maximum absolute atomic E-state index is 11.5. The van der Waals surface area contributed by atoms with Gasteiger partial charge in [0, 0.05) is 6.07 Å². The van der Waals surface area contributed by atoms with E-state index in [-0.39, 0.29) is 17.1 Å². The molecule has 6 heteroatoms. The van der Waals surface area contributed by atoms with E-state index in [2.05, 4.69) is 4.74 Å². The van der Waals surface area contributed by atoms with Crippen molar-refractivity contribution in [3.05, 3.63) is 27.9 Å². The Morgan fingerprint density at radius 3 is 2.31 bits per heavy atom. The molecule has 0 atom stereocenters. The molecule has 0 heterocycles. The van der Waals surface area contributed by atoms with Gasteiger partial charge >= 0.3 is 5.97 Å². The second kappa shape index (κ2) is 4.52. The van der Waals surface area contributed by atoms with Crippen molar-refractivity contribution in [3.63, 3.8) is 0 Å². The fourth-order valence-electron chi connectivity index (χ4n) is 1.16. The molecule has 86 valence electrons. The number of aromatic carboxylic acids is 1. The van der Waals surface area contributed by atoms with E-state index >= 15 is 0 Å². The largest absolute Gasteiger partial charge is 0.502 e. The molecule has 0 saturated heterocycles. The van der Waals surface area contributed by atoms with Crippen molar-refractivity contribution < 1.29 is 24.5 Å². The predicted octanol–water partition coefficient (Wildman–Crippen LogP) is 0.468. The van der Waals surface area contributed by atoms with Crippen LogP contribution in [-0.4, -0.2) is 30.4 Å². The molecule has 0 aromatic heterocycles. The fourth-order valence-corrected chi connectivity index (χ4v) is 1.16. The Kier molecular flexibility index (Phi) is 3.34. The SMILES string of the molecule is COc1cc(C(=O)O)cc(=O)c(OC)c1O. The minimum absolute atomic E-state index is 0.142. The maximum atomic E-state index is 11.5. The van der Waals surface area contributed by atoms with Gasteiger partial charge in [-0.3, -0.25) is 4.79 Å². The molecular weight excluding hydrogens is 216 g/mol. The second-order valence-corrected chi connectivity index (χ2v) is 2.86. The van der Waals surface area contributed by atoms with Crippen LogP contribution in [0.15, 0.2) is 16.9 Å². The molecule has 0 saturated carbocycles. The summed E-state index contributed by atoms with van der Waals surface area (Å²) in [5.74, 6) is -2.32. The molecule has 0 spiro atoms. The summed E-state index contributed by atoms with van der Waals surface area (Å²) in [6.45, 7) is 0. The van der Waals surface area contributed by atoms with Crippen molar-refractivity contribution in [1.82, 2.24) is 0 Å². The Bertz CT molecular complexity index is 480. The van der Waals surface area contributed by atoms with Crippen molar-refractivity contribution in [2.45, 2.75) is 0 Å². The van der Waals surface area contributed by atoms with Crippen molar-refractivity contribution in [3.8, 4) is 17.2 Å². The summed E-state index contributed by atoms with van der Waals surface area (Å²) in [6.07, 6.45) is 0. The first kappa shape index (κ1) is 11.8. The summed E-state index contributed by atoms with van der Waals surface area (Å²) in [4.78, 5) is 22.2. The van der Waals surface area contributed by atoms with Gasteiger partial charge in [-0.15, -0.1) is 0 Å². The van der Waals surface area contributed by atoms with E-state index in [1.165, 1.54) is 14.2 Å². The molecule has 1 aromatic carbocycles. The van der Waals surface area contributed by atoms with E-state index in [1.807, 2.05) is 0 Å². The van der Waals surface area contributed by atoms with Gasteiger partial charge in [-0.25, -0.2) is 4.79 Å². The highest BCUT2D eigenvalue weighted by Crippen LogP contribution is 2.32. The average Bonchev–Trinajstić information content (AvgIpc) is 2.35. The van der Waals surface area contributed by atoms with E-state index in [4.69, 9.17) is 9.84 Å². The quantitative estimate of drug-likeness (QED) is 0.778. The number of aromatic hydroxyl groups is 1.